The number of furan rings is 1. The van der Waals surface area contributed by atoms with Crippen LogP contribution >= 0.6 is 23.4 Å². The van der Waals surface area contributed by atoms with Crippen molar-refractivity contribution < 1.29 is 9.21 Å². The highest BCUT2D eigenvalue weighted by atomic mass is 35.5. The summed E-state index contributed by atoms with van der Waals surface area (Å²) < 4.78 is 5.33. The molecule has 1 amide bonds. The molecule has 0 saturated carbocycles. The summed E-state index contributed by atoms with van der Waals surface area (Å²) in [6.45, 7) is 1.78. The van der Waals surface area contributed by atoms with Gasteiger partial charge in [-0.1, -0.05) is 11.6 Å². The Morgan fingerprint density at radius 2 is 1.96 bits per heavy atom. The van der Waals surface area contributed by atoms with Gasteiger partial charge >= 0.3 is 0 Å². The van der Waals surface area contributed by atoms with Gasteiger partial charge in [0.1, 0.15) is 5.03 Å². The minimum Gasteiger partial charge on any atom is -0.461 e. The summed E-state index contributed by atoms with van der Waals surface area (Å²) in [5.41, 5.74) is 1.70. The molecule has 122 valence electrons. The second-order valence-electron chi connectivity index (χ2n) is 4.96. The molecule has 1 N–H and O–H groups in total. The number of anilines is 1. The predicted molar refractivity (Wildman–Crippen MR) is 95.7 cm³/mol. The maximum atomic E-state index is 12.6. The van der Waals surface area contributed by atoms with Gasteiger partial charge in [-0.3, -0.25) is 4.79 Å². The van der Waals surface area contributed by atoms with Crippen LogP contribution in [0, 0.1) is 6.92 Å². The highest BCUT2D eigenvalue weighted by molar-refractivity contribution is 7.98. The van der Waals surface area contributed by atoms with Gasteiger partial charge in [0.25, 0.3) is 5.91 Å². The zero-order chi connectivity index (χ0) is 17.1. The Kier molecular flexibility index (Phi) is 4.87. The van der Waals surface area contributed by atoms with E-state index < -0.39 is 0 Å². The van der Waals surface area contributed by atoms with E-state index in [1.165, 1.54) is 11.8 Å². The SMILES string of the molecule is CSc1nc(-c2ccco2)nc(C)c1C(=O)Nc1ccc(Cl)cc1. The summed E-state index contributed by atoms with van der Waals surface area (Å²) >= 11 is 7.25. The molecule has 0 aliphatic rings. The molecule has 2 heterocycles. The molecule has 1 aromatic carbocycles. The second kappa shape index (κ2) is 7.07. The van der Waals surface area contributed by atoms with Crippen molar-refractivity contribution in [1.29, 1.82) is 0 Å². The molecule has 5 nitrogen and oxygen atoms in total. The van der Waals surface area contributed by atoms with E-state index in [-0.39, 0.29) is 5.91 Å². The number of thioether (sulfide) groups is 1. The lowest BCUT2D eigenvalue weighted by Gasteiger charge is -2.11. The van der Waals surface area contributed by atoms with Gasteiger partial charge in [0, 0.05) is 10.7 Å². The number of nitrogens with zero attached hydrogens (tertiary/aromatic N) is 2. The van der Waals surface area contributed by atoms with E-state index in [4.69, 9.17) is 16.0 Å². The molecule has 7 heteroatoms. The quantitative estimate of drug-likeness (QED) is 0.541. The number of carbonyl (C=O) groups excluding carboxylic acids is 1. The lowest BCUT2D eigenvalue weighted by Crippen LogP contribution is -2.16. The maximum absolute atomic E-state index is 12.6. The topological polar surface area (TPSA) is 68.0 Å². The van der Waals surface area contributed by atoms with Crippen molar-refractivity contribution in [2.75, 3.05) is 11.6 Å². The van der Waals surface area contributed by atoms with E-state index in [1.807, 2.05) is 6.26 Å². The van der Waals surface area contributed by atoms with E-state index >= 15 is 0 Å². The lowest BCUT2D eigenvalue weighted by atomic mass is 10.2. The molecule has 2 aromatic heterocycles. The number of hydrogen-bond donors (Lipinski definition) is 1. The Bertz CT molecular complexity index is 864. The van der Waals surface area contributed by atoms with Crippen LogP contribution in [0.1, 0.15) is 16.1 Å². The smallest absolute Gasteiger partial charge is 0.260 e. The first-order valence-electron chi connectivity index (χ1n) is 7.12. The minimum atomic E-state index is -0.259. The first-order chi connectivity index (χ1) is 11.6. The van der Waals surface area contributed by atoms with E-state index in [2.05, 4.69) is 15.3 Å². The lowest BCUT2D eigenvalue weighted by molar-refractivity contribution is 0.102. The number of benzene rings is 1. The van der Waals surface area contributed by atoms with Gasteiger partial charge < -0.3 is 9.73 Å². The molecule has 0 spiro atoms. The van der Waals surface area contributed by atoms with Crippen LogP contribution in [0.4, 0.5) is 5.69 Å². The molecule has 0 atom stereocenters. The Morgan fingerprint density at radius 1 is 1.21 bits per heavy atom. The molecule has 0 aliphatic carbocycles. The van der Waals surface area contributed by atoms with Gasteiger partial charge in [0.05, 0.1) is 17.5 Å². The van der Waals surface area contributed by atoms with Gasteiger partial charge in [-0.05, 0) is 49.6 Å². The van der Waals surface area contributed by atoms with Crippen LogP contribution in [0.2, 0.25) is 5.02 Å². The van der Waals surface area contributed by atoms with Gasteiger partial charge in [-0.2, -0.15) is 0 Å². The number of hydrogen-bond acceptors (Lipinski definition) is 5. The third-order valence-corrected chi connectivity index (χ3v) is 4.25. The summed E-state index contributed by atoms with van der Waals surface area (Å²) in [7, 11) is 0. The van der Waals surface area contributed by atoms with E-state index in [0.29, 0.717) is 38.6 Å². The first kappa shape index (κ1) is 16.5. The molecule has 0 radical (unpaired) electrons. The molecular weight excluding hydrogens is 346 g/mol. The number of amides is 1. The molecule has 3 aromatic rings. The van der Waals surface area contributed by atoms with Crippen LogP contribution < -0.4 is 5.32 Å². The number of aromatic nitrogens is 2. The summed E-state index contributed by atoms with van der Waals surface area (Å²) in [5, 5.41) is 4.05. The van der Waals surface area contributed by atoms with Crippen molar-refractivity contribution in [3.05, 3.63) is 58.9 Å². The fourth-order valence-corrected chi connectivity index (χ4v) is 2.95. The van der Waals surface area contributed by atoms with E-state index in [1.54, 1.807) is 49.6 Å². The van der Waals surface area contributed by atoms with Crippen molar-refractivity contribution in [3.63, 3.8) is 0 Å². The molecule has 0 unspecified atom stereocenters. The highest BCUT2D eigenvalue weighted by Gasteiger charge is 2.20. The van der Waals surface area contributed by atoms with Crippen LogP contribution in [0.15, 0.2) is 52.1 Å². The summed E-state index contributed by atoms with van der Waals surface area (Å²) in [6, 6.07) is 10.5. The molecule has 0 saturated heterocycles. The minimum absolute atomic E-state index is 0.259. The summed E-state index contributed by atoms with van der Waals surface area (Å²) in [5.74, 6) is 0.771. The molecular formula is C17H14ClN3O2S. The molecule has 24 heavy (non-hydrogen) atoms. The Balaban J connectivity index is 1.94. The van der Waals surface area contributed by atoms with Crippen LogP contribution in [0.25, 0.3) is 11.6 Å². The van der Waals surface area contributed by atoms with E-state index in [0.717, 1.165) is 0 Å². The third-order valence-electron chi connectivity index (χ3n) is 3.32. The van der Waals surface area contributed by atoms with Crippen molar-refractivity contribution in [1.82, 2.24) is 9.97 Å². The number of nitrogens with one attached hydrogen (secondary N) is 1. The van der Waals surface area contributed by atoms with Crippen molar-refractivity contribution in [3.8, 4) is 11.6 Å². The van der Waals surface area contributed by atoms with Gasteiger partial charge in [0.15, 0.2) is 11.6 Å². The number of aryl methyl sites for hydroxylation is 1. The Morgan fingerprint density at radius 3 is 2.58 bits per heavy atom. The van der Waals surface area contributed by atoms with Crippen molar-refractivity contribution in [2.24, 2.45) is 0 Å². The fraction of sp³-hybridized carbons (Fsp3) is 0.118. The standard InChI is InChI=1S/C17H14ClN3O2S/c1-10-14(16(22)20-12-7-5-11(18)6-8-12)17(24-2)21-15(19-10)13-4-3-9-23-13/h3-9H,1-2H3,(H,20,22). The zero-order valence-corrected chi connectivity index (χ0v) is 14.6. The predicted octanol–water partition coefficient (Wildman–Crippen LogP) is 4.67. The largest absolute Gasteiger partial charge is 0.461 e. The van der Waals surface area contributed by atoms with Gasteiger partial charge in [-0.25, -0.2) is 9.97 Å². The maximum Gasteiger partial charge on any atom is 0.260 e. The third kappa shape index (κ3) is 3.44. The van der Waals surface area contributed by atoms with Gasteiger partial charge in [0.2, 0.25) is 0 Å². The van der Waals surface area contributed by atoms with Crippen LogP contribution in [-0.2, 0) is 0 Å². The van der Waals surface area contributed by atoms with Crippen LogP contribution in [0.5, 0.6) is 0 Å². The highest BCUT2D eigenvalue weighted by Crippen LogP contribution is 2.26. The zero-order valence-electron chi connectivity index (χ0n) is 13.0. The average molecular weight is 360 g/mol. The van der Waals surface area contributed by atoms with Crippen LogP contribution in [0.3, 0.4) is 0 Å². The molecule has 0 fully saturated rings. The fourth-order valence-electron chi connectivity index (χ4n) is 2.20. The number of carbonyl (C=O) groups is 1. The van der Waals surface area contributed by atoms with Crippen LogP contribution in [-0.4, -0.2) is 22.1 Å². The van der Waals surface area contributed by atoms with Crippen molar-refractivity contribution in [2.45, 2.75) is 11.9 Å². The Labute approximate surface area is 148 Å². The van der Waals surface area contributed by atoms with Gasteiger partial charge in [-0.15, -0.1) is 11.8 Å². The molecule has 0 bridgehead atoms. The average Bonchev–Trinajstić information content (AvgIpc) is 3.10. The molecule has 0 aliphatic heterocycles. The van der Waals surface area contributed by atoms with Crippen molar-refractivity contribution >= 4 is 35.0 Å². The number of halogens is 1. The summed E-state index contributed by atoms with van der Waals surface area (Å²) in [6.07, 6.45) is 3.43. The normalized spacial score (nSPS) is 10.6. The first-order valence-corrected chi connectivity index (χ1v) is 8.72. The monoisotopic (exact) mass is 359 g/mol. The van der Waals surface area contributed by atoms with E-state index in [9.17, 15) is 4.79 Å². The number of rotatable bonds is 4. The molecule has 3 rings (SSSR count). The second-order valence-corrected chi connectivity index (χ2v) is 6.19. The Hall–Kier alpha value is -2.31. The summed E-state index contributed by atoms with van der Waals surface area (Å²) in [4.78, 5) is 21.5.